The Hall–Kier alpha value is -3.52. The quantitative estimate of drug-likeness (QED) is 0.199. The van der Waals surface area contributed by atoms with E-state index in [9.17, 15) is 13.2 Å². The maximum atomic E-state index is 12.5. The van der Waals surface area contributed by atoms with Gasteiger partial charge in [0.1, 0.15) is 11.5 Å². The second-order valence-electron chi connectivity index (χ2n) is 6.33. The van der Waals surface area contributed by atoms with Gasteiger partial charge in [0.2, 0.25) is 10.0 Å². The monoisotopic (exact) mass is 500 g/mol. The van der Waals surface area contributed by atoms with Gasteiger partial charge in [-0.05, 0) is 26.0 Å². The number of sulfonamides is 1. The average molecular weight is 501 g/mol. The Balaban J connectivity index is 1.95. The Bertz CT molecular complexity index is 1130. The zero-order valence-corrected chi connectivity index (χ0v) is 19.5. The topological polar surface area (TPSA) is 207 Å². The van der Waals surface area contributed by atoms with Crippen LogP contribution in [0.5, 0.6) is 11.5 Å². The molecular weight excluding hydrogens is 476 g/mol. The maximum Gasteiger partial charge on any atom is 0.280 e. The zero-order chi connectivity index (χ0) is 24.6. The number of carbonyl (C=O) groups excluding carboxylic acids is 1. The number of hydrogen-bond donors (Lipinski definition) is 6. The van der Waals surface area contributed by atoms with Crippen LogP contribution >= 0.6 is 11.6 Å². The van der Waals surface area contributed by atoms with Crippen molar-refractivity contribution in [2.45, 2.75) is 13.8 Å². The number of benzene rings is 1. The van der Waals surface area contributed by atoms with Crippen molar-refractivity contribution in [1.29, 1.82) is 5.41 Å². The fourth-order valence-electron chi connectivity index (χ4n) is 2.48. The van der Waals surface area contributed by atoms with Crippen molar-refractivity contribution in [1.82, 2.24) is 20.6 Å². The Kier molecular flexibility index (Phi) is 8.87. The molecule has 1 amide bonds. The zero-order valence-electron chi connectivity index (χ0n) is 17.9. The molecule has 1 aromatic carbocycles. The number of carbonyl (C=O) groups is 1. The Morgan fingerprint density at radius 2 is 1.85 bits per heavy atom. The first kappa shape index (κ1) is 25.7. The van der Waals surface area contributed by atoms with Gasteiger partial charge in [-0.3, -0.25) is 20.2 Å². The molecule has 8 N–H and O–H groups in total. The van der Waals surface area contributed by atoms with Gasteiger partial charge in [0.05, 0.1) is 24.7 Å². The summed E-state index contributed by atoms with van der Waals surface area (Å²) in [6.45, 7) is 4.15. The number of rotatable bonds is 10. The smallest absolute Gasteiger partial charge is 0.280 e. The summed E-state index contributed by atoms with van der Waals surface area (Å²) in [5.41, 5.74) is 10.9. The number of nitrogens with one attached hydrogen (secondary N) is 4. The van der Waals surface area contributed by atoms with Gasteiger partial charge in [0.15, 0.2) is 28.4 Å². The summed E-state index contributed by atoms with van der Waals surface area (Å²) in [4.78, 5) is 19.6. The highest BCUT2D eigenvalue weighted by Crippen LogP contribution is 2.30. The lowest BCUT2D eigenvalue weighted by atomic mass is 10.3. The van der Waals surface area contributed by atoms with Gasteiger partial charge in [0.25, 0.3) is 5.91 Å². The number of nitrogens with two attached hydrogens (primary N) is 2. The lowest BCUT2D eigenvalue weighted by molar-refractivity contribution is 0.0971. The highest BCUT2D eigenvalue weighted by atomic mass is 35.5. The average Bonchev–Trinajstić information content (AvgIpc) is 2.72. The molecule has 2 rings (SSSR count). The SMILES string of the molecule is CCOc1ccc(OCC)c(NS(=O)(=O)CCNC(=N)NC(=O)c2nc(Cl)c(N)nc2N)c1. The van der Waals surface area contributed by atoms with Crippen LogP contribution in [-0.2, 0) is 10.0 Å². The van der Waals surface area contributed by atoms with Crippen molar-refractivity contribution in [3.63, 3.8) is 0 Å². The summed E-state index contributed by atoms with van der Waals surface area (Å²) in [6, 6.07) is 4.79. The van der Waals surface area contributed by atoms with Crippen LogP contribution in [0.3, 0.4) is 0 Å². The highest BCUT2D eigenvalue weighted by Gasteiger charge is 2.18. The third-order valence-electron chi connectivity index (χ3n) is 3.86. The highest BCUT2D eigenvalue weighted by molar-refractivity contribution is 7.92. The van der Waals surface area contributed by atoms with E-state index in [0.717, 1.165) is 0 Å². The van der Waals surface area contributed by atoms with Crippen LogP contribution < -0.4 is 36.3 Å². The molecule has 0 radical (unpaired) electrons. The molecule has 1 aromatic heterocycles. The van der Waals surface area contributed by atoms with Crippen molar-refractivity contribution in [2.75, 3.05) is 41.7 Å². The minimum absolute atomic E-state index is 0.143. The van der Waals surface area contributed by atoms with Crippen LogP contribution in [-0.4, -0.2) is 55.8 Å². The van der Waals surface area contributed by atoms with Crippen molar-refractivity contribution in [2.24, 2.45) is 0 Å². The van der Waals surface area contributed by atoms with E-state index in [1.165, 1.54) is 6.07 Å². The molecule has 15 heteroatoms. The minimum atomic E-state index is -3.83. The molecular formula is C18H25ClN8O5S. The number of halogens is 1. The summed E-state index contributed by atoms with van der Waals surface area (Å²) >= 11 is 5.73. The van der Waals surface area contributed by atoms with E-state index in [-0.39, 0.29) is 34.7 Å². The van der Waals surface area contributed by atoms with E-state index in [0.29, 0.717) is 24.7 Å². The normalized spacial score (nSPS) is 10.9. The van der Waals surface area contributed by atoms with Crippen LogP contribution in [0.2, 0.25) is 5.15 Å². The first-order valence-electron chi connectivity index (χ1n) is 9.68. The fourth-order valence-corrected chi connectivity index (χ4v) is 3.58. The number of nitrogen functional groups attached to an aromatic ring is 2. The molecule has 33 heavy (non-hydrogen) atoms. The number of aromatic nitrogens is 2. The summed E-state index contributed by atoms with van der Waals surface area (Å²) in [5, 5.41) is 12.2. The van der Waals surface area contributed by atoms with E-state index >= 15 is 0 Å². The molecule has 0 fully saturated rings. The number of hydrogen-bond acceptors (Lipinski definition) is 10. The van der Waals surface area contributed by atoms with Crippen LogP contribution in [0.25, 0.3) is 0 Å². The first-order chi connectivity index (χ1) is 15.6. The van der Waals surface area contributed by atoms with Gasteiger partial charge in [0, 0.05) is 12.6 Å². The van der Waals surface area contributed by atoms with Gasteiger partial charge < -0.3 is 26.3 Å². The van der Waals surface area contributed by atoms with Crippen molar-refractivity contribution in [3.8, 4) is 11.5 Å². The number of guanidine groups is 1. The lowest BCUT2D eigenvalue weighted by Gasteiger charge is -2.15. The number of nitrogens with zero attached hydrogens (tertiary/aromatic N) is 2. The first-order valence-corrected chi connectivity index (χ1v) is 11.7. The molecule has 0 aliphatic carbocycles. The Morgan fingerprint density at radius 1 is 1.15 bits per heavy atom. The summed E-state index contributed by atoms with van der Waals surface area (Å²) in [7, 11) is -3.83. The van der Waals surface area contributed by atoms with Gasteiger partial charge in [-0.15, -0.1) is 0 Å². The van der Waals surface area contributed by atoms with Crippen molar-refractivity contribution >= 4 is 50.8 Å². The van der Waals surface area contributed by atoms with E-state index in [4.69, 9.17) is 38.0 Å². The summed E-state index contributed by atoms with van der Waals surface area (Å²) < 4.78 is 38.3. The molecule has 180 valence electrons. The molecule has 0 saturated heterocycles. The summed E-state index contributed by atoms with van der Waals surface area (Å²) in [6.07, 6.45) is 0. The number of anilines is 3. The van der Waals surface area contributed by atoms with E-state index < -0.39 is 27.6 Å². The maximum absolute atomic E-state index is 12.5. The molecule has 0 spiro atoms. The predicted octanol–water partition coefficient (Wildman–Crippen LogP) is 0.788. The van der Waals surface area contributed by atoms with Gasteiger partial charge in [-0.1, -0.05) is 11.6 Å². The van der Waals surface area contributed by atoms with Gasteiger partial charge in [-0.25, -0.2) is 18.4 Å². The second kappa shape index (κ2) is 11.4. The molecule has 2 aromatic rings. The molecule has 0 saturated carbocycles. The molecule has 13 nitrogen and oxygen atoms in total. The largest absolute Gasteiger partial charge is 0.494 e. The van der Waals surface area contributed by atoms with Crippen molar-refractivity contribution in [3.05, 3.63) is 29.0 Å². The van der Waals surface area contributed by atoms with Crippen molar-refractivity contribution < 1.29 is 22.7 Å². The minimum Gasteiger partial charge on any atom is -0.494 e. The van der Waals surface area contributed by atoms with Crippen LogP contribution in [0.15, 0.2) is 18.2 Å². The number of amides is 1. The third-order valence-corrected chi connectivity index (χ3v) is 5.41. The molecule has 0 bridgehead atoms. The second-order valence-corrected chi connectivity index (χ2v) is 8.53. The predicted molar refractivity (Wildman–Crippen MR) is 125 cm³/mol. The van der Waals surface area contributed by atoms with E-state index in [1.54, 1.807) is 19.1 Å². The standard InChI is InChI=1S/C18H25ClN8O5S/c1-3-31-10-5-6-12(32-4-2)11(9-10)27-33(29,30)8-7-23-18(22)26-17(28)13-15(20)25-16(21)14(19)24-13/h5-6,9,27H,3-4,7-8H2,1-2H3,(H4,20,21,25)(H3,22,23,26,28). The molecule has 1 heterocycles. The fraction of sp³-hybridized carbons (Fsp3) is 0.333. The Labute approximate surface area is 195 Å². The molecule has 0 unspecified atom stereocenters. The third kappa shape index (κ3) is 7.54. The van der Waals surface area contributed by atoms with E-state index in [1.807, 2.05) is 6.92 Å². The molecule has 0 aliphatic rings. The molecule has 0 aliphatic heterocycles. The van der Waals surface area contributed by atoms with Gasteiger partial charge in [-0.2, -0.15) is 0 Å². The molecule has 0 atom stereocenters. The van der Waals surface area contributed by atoms with Crippen LogP contribution in [0, 0.1) is 5.41 Å². The van der Waals surface area contributed by atoms with Crippen LogP contribution in [0.4, 0.5) is 17.3 Å². The number of ether oxygens (including phenoxy) is 2. The Morgan fingerprint density at radius 3 is 2.52 bits per heavy atom. The lowest BCUT2D eigenvalue weighted by Crippen LogP contribution is -2.42. The van der Waals surface area contributed by atoms with Gasteiger partial charge >= 0.3 is 0 Å². The summed E-state index contributed by atoms with van der Waals surface area (Å²) in [5.74, 6) is -1.34. The van der Waals surface area contributed by atoms with Crippen LogP contribution in [0.1, 0.15) is 24.3 Å². The van der Waals surface area contributed by atoms with E-state index in [2.05, 4.69) is 25.3 Å².